The minimum absolute atomic E-state index is 0.0860. The van der Waals surface area contributed by atoms with Crippen LogP contribution in [0.3, 0.4) is 0 Å². The van der Waals surface area contributed by atoms with E-state index in [4.69, 9.17) is 23.2 Å². The van der Waals surface area contributed by atoms with E-state index in [1.165, 1.54) is 0 Å². The Morgan fingerprint density at radius 3 is 2.83 bits per heavy atom. The van der Waals surface area contributed by atoms with E-state index in [2.05, 4.69) is 10.5 Å². The lowest BCUT2D eigenvalue weighted by molar-refractivity contribution is 0.553. The van der Waals surface area contributed by atoms with Gasteiger partial charge in [-0.05, 0) is 24.1 Å². The Labute approximate surface area is 111 Å². The molecule has 0 fully saturated rings. The zero-order valence-corrected chi connectivity index (χ0v) is 10.9. The fraction of sp³-hybridized carbons (Fsp3) is 0.250. The van der Waals surface area contributed by atoms with Gasteiger partial charge in [0.2, 0.25) is 0 Å². The van der Waals surface area contributed by atoms with Crippen LogP contribution in [0.4, 0.5) is 5.82 Å². The summed E-state index contributed by atoms with van der Waals surface area (Å²) in [5.41, 5.74) is 10.7. The number of nitrogens with one attached hydrogen (secondary N) is 1. The number of hydrazine groups is 1. The average Bonchev–Trinajstić information content (AvgIpc) is 2.67. The van der Waals surface area contributed by atoms with Crippen LogP contribution in [0.15, 0.2) is 30.5 Å². The van der Waals surface area contributed by atoms with Crippen LogP contribution in [0.5, 0.6) is 0 Å². The average molecular weight is 266 g/mol. The number of nitrogens with zero attached hydrogens (tertiary/aromatic N) is 2. The van der Waals surface area contributed by atoms with Gasteiger partial charge in [-0.15, -0.1) is 0 Å². The molecule has 0 saturated heterocycles. The molecule has 18 heavy (non-hydrogen) atoms. The molecule has 1 aromatic carbocycles. The molecule has 0 radical (unpaired) electrons. The maximum Gasteiger partial charge on any atom is 0.126 e. The van der Waals surface area contributed by atoms with Gasteiger partial charge in [0.05, 0.1) is 12.2 Å². The molecule has 1 aromatic heterocycles. The van der Waals surface area contributed by atoms with E-state index in [0.717, 1.165) is 11.1 Å². The number of anilines is 1. The Hall–Kier alpha value is -1.56. The van der Waals surface area contributed by atoms with Crippen LogP contribution in [0, 0.1) is 0 Å². The van der Waals surface area contributed by atoms with Gasteiger partial charge < -0.3 is 5.73 Å². The first kappa shape index (κ1) is 12.9. The van der Waals surface area contributed by atoms with Crippen molar-refractivity contribution in [3.63, 3.8) is 0 Å². The largest absolute Gasteiger partial charge is 0.384 e. The van der Waals surface area contributed by atoms with E-state index in [0.29, 0.717) is 17.3 Å². The second kappa shape index (κ2) is 5.39. The highest BCUT2D eigenvalue weighted by Gasteiger charge is 2.16. The molecule has 0 aliphatic rings. The molecular weight excluding hydrogens is 250 g/mol. The van der Waals surface area contributed by atoms with Crippen molar-refractivity contribution in [1.29, 1.82) is 0 Å². The fourth-order valence-corrected chi connectivity index (χ4v) is 2.10. The van der Waals surface area contributed by atoms with Gasteiger partial charge in [-0.25, -0.2) is 0 Å². The van der Waals surface area contributed by atoms with Gasteiger partial charge in [0.25, 0.3) is 0 Å². The maximum atomic E-state index is 5.96. The van der Waals surface area contributed by atoms with Crippen LogP contribution in [-0.4, -0.2) is 9.78 Å². The second-order valence-corrected chi connectivity index (χ2v) is 4.60. The number of halogens is 1. The van der Waals surface area contributed by atoms with Gasteiger partial charge in [0.1, 0.15) is 5.82 Å². The summed E-state index contributed by atoms with van der Waals surface area (Å²) in [5.74, 6) is 6.20. The molecule has 0 aliphatic heterocycles. The fourth-order valence-electron chi connectivity index (χ4n) is 1.89. The molecule has 1 unspecified atom stereocenters. The van der Waals surface area contributed by atoms with Crippen LogP contribution in [0.1, 0.15) is 17.2 Å². The third-order valence-corrected chi connectivity index (χ3v) is 3.15. The van der Waals surface area contributed by atoms with E-state index in [9.17, 15) is 0 Å². The van der Waals surface area contributed by atoms with Gasteiger partial charge in [-0.1, -0.05) is 23.7 Å². The van der Waals surface area contributed by atoms with E-state index in [1.54, 1.807) is 17.9 Å². The number of aryl methyl sites for hydroxylation is 1. The molecule has 2 aromatic rings. The predicted octanol–water partition coefficient (Wildman–Crippen LogP) is 1.40. The molecule has 0 saturated carbocycles. The van der Waals surface area contributed by atoms with Crippen molar-refractivity contribution in [3.05, 3.63) is 46.6 Å². The second-order valence-electron chi connectivity index (χ2n) is 4.16. The van der Waals surface area contributed by atoms with Gasteiger partial charge in [0, 0.05) is 17.6 Å². The summed E-state index contributed by atoms with van der Waals surface area (Å²) in [6.07, 6.45) is 2.43. The summed E-state index contributed by atoms with van der Waals surface area (Å²) >= 11 is 5.96. The van der Waals surface area contributed by atoms with Crippen molar-refractivity contribution < 1.29 is 0 Å². The smallest absolute Gasteiger partial charge is 0.126 e. The number of benzene rings is 1. The van der Waals surface area contributed by atoms with Crippen molar-refractivity contribution in [3.8, 4) is 0 Å². The van der Waals surface area contributed by atoms with E-state index in [1.807, 2.05) is 24.3 Å². The summed E-state index contributed by atoms with van der Waals surface area (Å²) < 4.78 is 1.62. The van der Waals surface area contributed by atoms with Gasteiger partial charge in [-0.2, -0.15) is 5.10 Å². The summed E-state index contributed by atoms with van der Waals surface area (Å²) in [6.45, 7) is 0. The van der Waals surface area contributed by atoms with Crippen LogP contribution in [-0.2, 0) is 13.5 Å². The van der Waals surface area contributed by atoms with E-state index < -0.39 is 0 Å². The van der Waals surface area contributed by atoms with Crippen LogP contribution >= 0.6 is 11.6 Å². The molecule has 2 rings (SSSR count). The van der Waals surface area contributed by atoms with Gasteiger partial charge in [0.15, 0.2) is 0 Å². The molecule has 0 spiro atoms. The van der Waals surface area contributed by atoms with Crippen LogP contribution < -0.4 is 17.0 Å². The molecule has 5 N–H and O–H groups in total. The maximum absolute atomic E-state index is 5.96. The Balaban J connectivity index is 2.22. The molecule has 5 nitrogen and oxygen atoms in total. The Morgan fingerprint density at radius 1 is 1.50 bits per heavy atom. The molecule has 6 heteroatoms. The summed E-state index contributed by atoms with van der Waals surface area (Å²) in [5, 5.41) is 4.82. The predicted molar refractivity (Wildman–Crippen MR) is 72.8 cm³/mol. The van der Waals surface area contributed by atoms with E-state index in [-0.39, 0.29) is 6.04 Å². The molecular formula is C12H16ClN5. The number of hydrogen-bond donors (Lipinski definition) is 3. The van der Waals surface area contributed by atoms with Gasteiger partial charge >= 0.3 is 0 Å². The molecule has 0 aliphatic carbocycles. The highest BCUT2D eigenvalue weighted by atomic mass is 35.5. The quantitative estimate of drug-likeness (QED) is 0.577. The molecule has 0 amide bonds. The van der Waals surface area contributed by atoms with Crippen molar-refractivity contribution in [1.82, 2.24) is 15.2 Å². The van der Waals surface area contributed by atoms with Crippen molar-refractivity contribution >= 4 is 17.4 Å². The molecule has 1 atom stereocenters. The lowest BCUT2D eigenvalue weighted by Crippen LogP contribution is -2.30. The zero-order valence-electron chi connectivity index (χ0n) is 10.1. The first-order valence-corrected chi connectivity index (χ1v) is 5.97. The normalized spacial score (nSPS) is 12.6. The highest BCUT2D eigenvalue weighted by Crippen LogP contribution is 2.23. The van der Waals surface area contributed by atoms with Crippen LogP contribution in [0.25, 0.3) is 0 Å². The zero-order chi connectivity index (χ0) is 13.1. The summed E-state index contributed by atoms with van der Waals surface area (Å²) in [6, 6.07) is 7.59. The first-order valence-electron chi connectivity index (χ1n) is 5.59. The Morgan fingerprint density at radius 2 is 2.28 bits per heavy atom. The SMILES string of the molecule is Cn1ncc(C(Cc2cccc(Cl)c2)NN)c1N. The monoisotopic (exact) mass is 265 g/mol. The van der Waals surface area contributed by atoms with Crippen LogP contribution in [0.2, 0.25) is 5.02 Å². The molecule has 96 valence electrons. The number of nitrogen functional groups attached to an aromatic ring is 1. The number of hydrogen-bond acceptors (Lipinski definition) is 4. The van der Waals surface area contributed by atoms with Gasteiger partial charge in [-0.3, -0.25) is 16.0 Å². The minimum atomic E-state index is -0.0860. The Kier molecular flexibility index (Phi) is 3.86. The Bertz CT molecular complexity index is 537. The number of nitrogens with two attached hydrogens (primary N) is 2. The number of rotatable bonds is 4. The minimum Gasteiger partial charge on any atom is -0.384 e. The van der Waals surface area contributed by atoms with Crippen molar-refractivity contribution in [2.75, 3.05) is 5.73 Å². The lowest BCUT2D eigenvalue weighted by Gasteiger charge is -2.15. The lowest BCUT2D eigenvalue weighted by atomic mass is 10.0. The standard InChI is InChI=1S/C12H16ClN5/c1-18-12(14)10(7-16-18)11(17-15)6-8-3-2-4-9(13)5-8/h2-5,7,11,17H,6,14-15H2,1H3. The topological polar surface area (TPSA) is 81.9 Å². The summed E-state index contributed by atoms with van der Waals surface area (Å²) in [4.78, 5) is 0. The molecule has 1 heterocycles. The third-order valence-electron chi connectivity index (χ3n) is 2.92. The molecule has 0 bridgehead atoms. The van der Waals surface area contributed by atoms with E-state index >= 15 is 0 Å². The third kappa shape index (κ3) is 2.64. The van der Waals surface area contributed by atoms with Crippen molar-refractivity contribution in [2.45, 2.75) is 12.5 Å². The summed E-state index contributed by atoms with van der Waals surface area (Å²) in [7, 11) is 1.80. The number of aromatic nitrogens is 2. The van der Waals surface area contributed by atoms with Crippen molar-refractivity contribution in [2.24, 2.45) is 12.9 Å². The highest BCUT2D eigenvalue weighted by molar-refractivity contribution is 6.30. The first-order chi connectivity index (χ1) is 8.61.